The molecule has 2 N–H and O–H groups in total. The lowest BCUT2D eigenvalue weighted by Crippen LogP contribution is -2.37. The van der Waals surface area contributed by atoms with Gasteiger partial charge in [-0.3, -0.25) is 0 Å². The molecule has 0 spiro atoms. The molecular formula is C16H17N3O2S. The molecule has 2 amide bonds. The number of fused-ring (bicyclic) bond motifs is 1. The van der Waals surface area contributed by atoms with Crippen molar-refractivity contribution in [2.45, 2.75) is 19.4 Å². The zero-order chi connectivity index (χ0) is 15.4. The van der Waals surface area contributed by atoms with Crippen LogP contribution in [-0.4, -0.2) is 17.6 Å². The van der Waals surface area contributed by atoms with E-state index in [4.69, 9.17) is 4.42 Å². The maximum atomic E-state index is 11.8. The second-order valence-electron chi connectivity index (χ2n) is 4.99. The van der Waals surface area contributed by atoms with Crippen LogP contribution in [0.5, 0.6) is 0 Å². The number of furan rings is 1. The van der Waals surface area contributed by atoms with Crippen LogP contribution < -0.4 is 10.6 Å². The zero-order valence-electron chi connectivity index (χ0n) is 12.2. The molecule has 0 bridgehead atoms. The summed E-state index contributed by atoms with van der Waals surface area (Å²) < 4.78 is 5.71. The predicted molar refractivity (Wildman–Crippen MR) is 87.0 cm³/mol. The first-order chi connectivity index (χ1) is 10.7. The molecule has 2 heterocycles. The number of nitrogens with one attached hydrogen (secondary N) is 2. The van der Waals surface area contributed by atoms with Crippen LogP contribution in [0.2, 0.25) is 0 Å². The Labute approximate surface area is 132 Å². The normalized spacial score (nSPS) is 12.2. The number of urea groups is 1. The first-order valence-corrected chi connectivity index (χ1v) is 8.01. The Morgan fingerprint density at radius 3 is 3.05 bits per heavy atom. The molecule has 3 aromatic rings. The molecule has 0 radical (unpaired) electrons. The first kappa shape index (κ1) is 14.6. The van der Waals surface area contributed by atoms with Crippen molar-refractivity contribution in [1.82, 2.24) is 15.6 Å². The Bertz CT molecular complexity index is 719. The van der Waals surface area contributed by atoms with Crippen molar-refractivity contribution < 1.29 is 9.21 Å². The van der Waals surface area contributed by atoms with Crippen molar-refractivity contribution in [1.29, 1.82) is 0 Å². The van der Waals surface area contributed by atoms with Gasteiger partial charge in [0.15, 0.2) is 0 Å². The van der Waals surface area contributed by atoms with E-state index >= 15 is 0 Å². The van der Waals surface area contributed by atoms with Gasteiger partial charge in [-0.2, -0.15) is 0 Å². The van der Waals surface area contributed by atoms with Crippen molar-refractivity contribution in [2.24, 2.45) is 0 Å². The van der Waals surface area contributed by atoms with E-state index in [2.05, 4.69) is 15.6 Å². The molecule has 5 nitrogen and oxygen atoms in total. The van der Waals surface area contributed by atoms with Crippen LogP contribution in [0.3, 0.4) is 0 Å². The zero-order valence-corrected chi connectivity index (χ0v) is 13.0. The number of amides is 2. The summed E-state index contributed by atoms with van der Waals surface area (Å²) in [5, 5.41) is 9.57. The fourth-order valence-corrected chi connectivity index (χ4v) is 2.86. The summed E-state index contributed by atoms with van der Waals surface area (Å²) in [4.78, 5) is 16.0. The highest BCUT2D eigenvalue weighted by atomic mass is 32.1. The Morgan fingerprint density at radius 1 is 1.41 bits per heavy atom. The fourth-order valence-electron chi connectivity index (χ4n) is 2.22. The van der Waals surface area contributed by atoms with E-state index in [1.165, 1.54) is 11.3 Å². The van der Waals surface area contributed by atoms with Crippen LogP contribution >= 0.6 is 11.3 Å². The van der Waals surface area contributed by atoms with Gasteiger partial charge in [0.1, 0.15) is 16.4 Å². The third kappa shape index (κ3) is 3.46. The number of carbonyl (C=O) groups excluding carboxylic acids is 1. The topological polar surface area (TPSA) is 67.2 Å². The van der Waals surface area contributed by atoms with E-state index in [9.17, 15) is 4.79 Å². The van der Waals surface area contributed by atoms with E-state index in [1.807, 2.05) is 42.6 Å². The third-order valence-corrected chi connectivity index (χ3v) is 4.26. The number of carbonyl (C=O) groups is 1. The van der Waals surface area contributed by atoms with Gasteiger partial charge in [0, 0.05) is 29.9 Å². The molecule has 1 unspecified atom stereocenters. The maximum Gasteiger partial charge on any atom is 0.315 e. The van der Waals surface area contributed by atoms with Gasteiger partial charge >= 0.3 is 6.03 Å². The number of para-hydroxylation sites is 1. The molecule has 0 aliphatic rings. The number of hydrogen-bond donors (Lipinski definition) is 2. The van der Waals surface area contributed by atoms with Crippen LogP contribution in [0.4, 0.5) is 4.79 Å². The number of aromatic nitrogens is 1. The highest BCUT2D eigenvalue weighted by Gasteiger charge is 2.11. The largest absolute Gasteiger partial charge is 0.461 e. The molecule has 0 saturated heterocycles. The maximum absolute atomic E-state index is 11.8. The van der Waals surface area contributed by atoms with E-state index in [1.54, 1.807) is 6.20 Å². The third-order valence-electron chi connectivity index (χ3n) is 3.30. The number of hydrogen-bond acceptors (Lipinski definition) is 4. The lowest BCUT2D eigenvalue weighted by Gasteiger charge is -2.11. The van der Waals surface area contributed by atoms with Gasteiger partial charge in [0.2, 0.25) is 0 Å². The van der Waals surface area contributed by atoms with E-state index in [0.717, 1.165) is 21.7 Å². The second-order valence-corrected chi connectivity index (χ2v) is 5.92. The molecule has 22 heavy (non-hydrogen) atoms. The summed E-state index contributed by atoms with van der Waals surface area (Å²) in [7, 11) is 0. The van der Waals surface area contributed by atoms with Crippen LogP contribution in [0.15, 0.2) is 46.3 Å². The minimum absolute atomic E-state index is 0.0915. The summed E-state index contributed by atoms with van der Waals surface area (Å²) in [5.41, 5.74) is 0.874. The van der Waals surface area contributed by atoms with Gasteiger partial charge in [-0.25, -0.2) is 9.78 Å². The van der Waals surface area contributed by atoms with E-state index in [0.29, 0.717) is 13.0 Å². The average molecular weight is 315 g/mol. The molecule has 2 aromatic heterocycles. The molecule has 6 heteroatoms. The summed E-state index contributed by atoms with van der Waals surface area (Å²) in [5.74, 6) is 0.870. The second kappa shape index (κ2) is 6.62. The summed E-state index contributed by atoms with van der Waals surface area (Å²) >= 11 is 1.53. The monoisotopic (exact) mass is 315 g/mol. The van der Waals surface area contributed by atoms with Gasteiger partial charge in [-0.15, -0.1) is 11.3 Å². The van der Waals surface area contributed by atoms with E-state index < -0.39 is 0 Å². The Kier molecular flexibility index (Phi) is 4.39. The van der Waals surface area contributed by atoms with Gasteiger partial charge in [0.25, 0.3) is 0 Å². The van der Waals surface area contributed by atoms with Crippen molar-refractivity contribution in [3.8, 4) is 0 Å². The van der Waals surface area contributed by atoms with Crippen molar-refractivity contribution in [3.05, 3.63) is 52.7 Å². The standard InChI is InChI=1S/C16H17N3O2S/c1-11(15-17-8-9-22-15)19-16(20)18-7-6-13-10-12-4-2-3-5-14(12)21-13/h2-5,8-11H,6-7H2,1H3,(H2,18,19,20). The summed E-state index contributed by atoms with van der Waals surface area (Å²) in [6.07, 6.45) is 2.39. The molecule has 114 valence electrons. The Morgan fingerprint density at radius 2 is 2.27 bits per heavy atom. The first-order valence-electron chi connectivity index (χ1n) is 7.13. The predicted octanol–water partition coefficient (Wildman–Crippen LogP) is 3.49. The number of nitrogens with zero attached hydrogens (tertiary/aromatic N) is 1. The Balaban J connectivity index is 1.47. The van der Waals surface area contributed by atoms with Crippen LogP contribution in [0.25, 0.3) is 11.0 Å². The molecule has 0 aliphatic heterocycles. The summed E-state index contributed by atoms with van der Waals surface area (Å²) in [6, 6.07) is 9.60. The molecule has 0 saturated carbocycles. The SMILES string of the molecule is CC(NC(=O)NCCc1cc2ccccc2o1)c1nccs1. The number of thiazole rings is 1. The molecule has 1 aromatic carbocycles. The highest BCUT2D eigenvalue weighted by molar-refractivity contribution is 7.09. The highest BCUT2D eigenvalue weighted by Crippen LogP contribution is 2.18. The van der Waals surface area contributed by atoms with Gasteiger partial charge in [-0.05, 0) is 19.1 Å². The number of rotatable bonds is 5. The Hall–Kier alpha value is -2.34. The molecule has 0 aliphatic carbocycles. The summed E-state index contributed by atoms with van der Waals surface area (Å²) in [6.45, 7) is 2.44. The van der Waals surface area contributed by atoms with Gasteiger partial charge in [-0.1, -0.05) is 18.2 Å². The molecular weight excluding hydrogens is 298 g/mol. The quantitative estimate of drug-likeness (QED) is 0.757. The lowest BCUT2D eigenvalue weighted by molar-refractivity contribution is 0.238. The van der Waals surface area contributed by atoms with Crippen LogP contribution in [-0.2, 0) is 6.42 Å². The van der Waals surface area contributed by atoms with Gasteiger partial charge < -0.3 is 15.1 Å². The molecule has 1 atom stereocenters. The van der Waals surface area contributed by atoms with Crippen molar-refractivity contribution in [2.75, 3.05) is 6.54 Å². The lowest BCUT2D eigenvalue weighted by atomic mass is 10.2. The minimum Gasteiger partial charge on any atom is -0.461 e. The number of benzene rings is 1. The average Bonchev–Trinajstić information content (AvgIpc) is 3.16. The molecule has 0 fully saturated rings. The van der Waals surface area contributed by atoms with Crippen molar-refractivity contribution >= 4 is 28.3 Å². The van der Waals surface area contributed by atoms with Crippen molar-refractivity contribution in [3.63, 3.8) is 0 Å². The molecule has 3 rings (SSSR count). The van der Waals surface area contributed by atoms with Gasteiger partial charge in [0.05, 0.1) is 6.04 Å². The minimum atomic E-state index is -0.196. The smallest absolute Gasteiger partial charge is 0.315 e. The van der Waals surface area contributed by atoms with E-state index in [-0.39, 0.29) is 12.1 Å². The fraction of sp³-hybridized carbons (Fsp3) is 0.250. The van der Waals surface area contributed by atoms with Crippen LogP contribution in [0, 0.1) is 0 Å². The van der Waals surface area contributed by atoms with Crippen LogP contribution in [0.1, 0.15) is 23.7 Å².